The van der Waals surface area contributed by atoms with Crippen molar-refractivity contribution in [3.63, 3.8) is 0 Å². The van der Waals surface area contributed by atoms with Crippen molar-refractivity contribution in [1.82, 2.24) is 15.2 Å². The van der Waals surface area contributed by atoms with Gasteiger partial charge in [0, 0.05) is 43.0 Å². The summed E-state index contributed by atoms with van der Waals surface area (Å²) in [4.78, 5) is 18.0. The maximum absolute atomic E-state index is 12.1. The van der Waals surface area contributed by atoms with Gasteiger partial charge in [-0.3, -0.25) is 4.98 Å². The van der Waals surface area contributed by atoms with Crippen molar-refractivity contribution >= 4 is 22.0 Å². The monoisotopic (exact) mass is 371 g/mol. The molecular formula is C16H26BrN3O2. The van der Waals surface area contributed by atoms with Crippen LogP contribution in [0.15, 0.2) is 22.9 Å². The van der Waals surface area contributed by atoms with E-state index in [1.165, 1.54) is 0 Å². The Balaban J connectivity index is 2.39. The summed E-state index contributed by atoms with van der Waals surface area (Å²) in [6.45, 7) is 10.5. The molecule has 1 aromatic rings. The molecule has 0 aliphatic rings. The number of hydrogen-bond acceptors (Lipinski definition) is 4. The van der Waals surface area contributed by atoms with Gasteiger partial charge in [-0.25, -0.2) is 4.79 Å². The van der Waals surface area contributed by atoms with Gasteiger partial charge in [0.25, 0.3) is 0 Å². The Bertz CT molecular complexity index is 475. The Labute approximate surface area is 141 Å². The molecule has 0 aliphatic carbocycles. The van der Waals surface area contributed by atoms with Gasteiger partial charge in [0.1, 0.15) is 5.60 Å². The number of carbonyl (C=O) groups is 1. The molecule has 0 radical (unpaired) electrons. The van der Waals surface area contributed by atoms with Gasteiger partial charge in [-0.05, 0) is 54.8 Å². The largest absolute Gasteiger partial charge is 0.444 e. The van der Waals surface area contributed by atoms with Crippen molar-refractivity contribution in [3.8, 4) is 0 Å². The molecule has 0 aliphatic heterocycles. The van der Waals surface area contributed by atoms with Gasteiger partial charge >= 0.3 is 6.09 Å². The molecule has 1 amide bonds. The Hall–Kier alpha value is -1.14. The second-order valence-corrected chi connectivity index (χ2v) is 7.07. The molecule has 5 nitrogen and oxygen atoms in total. The number of carbonyl (C=O) groups excluding carboxylic acids is 1. The molecule has 1 aromatic heterocycles. The van der Waals surface area contributed by atoms with Crippen LogP contribution in [0.2, 0.25) is 0 Å². The van der Waals surface area contributed by atoms with Crippen LogP contribution in [0.1, 0.15) is 39.7 Å². The van der Waals surface area contributed by atoms with Crippen LogP contribution >= 0.6 is 15.9 Å². The number of amides is 1. The summed E-state index contributed by atoms with van der Waals surface area (Å²) in [7, 11) is 0. The highest BCUT2D eigenvalue weighted by Crippen LogP contribution is 2.10. The summed E-state index contributed by atoms with van der Waals surface area (Å²) >= 11 is 3.40. The highest BCUT2D eigenvalue weighted by atomic mass is 79.9. The van der Waals surface area contributed by atoms with Crippen molar-refractivity contribution in [2.45, 2.75) is 46.3 Å². The highest BCUT2D eigenvalue weighted by molar-refractivity contribution is 9.10. The van der Waals surface area contributed by atoms with Crippen molar-refractivity contribution < 1.29 is 9.53 Å². The molecule has 0 aromatic carbocycles. The van der Waals surface area contributed by atoms with E-state index in [1.807, 2.05) is 33.0 Å². The zero-order valence-electron chi connectivity index (χ0n) is 13.9. The predicted octanol–water partition coefficient (Wildman–Crippen LogP) is 3.58. The summed E-state index contributed by atoms with van der Waals surface area (Å²) in [5, 5.41) is 3.33. The molecule has 124 valence electrons. The smallest absolute Gasteiger partial charge is 0.410 e. The SMILES string of the molecule is CCCN(CCNCc1cncc(Br)c1)C(=O)OC(C)(C)C. The molecule has 0 fully saturated rings. The van der Waals surface area contributed by atoms with E-state index in [0.29, 0.717) is 19.6 Å². The fraction of sp³-hybridized carbons (Fsp3) is 0.625. The number of nitrogens with zero attached hydrogens (tertiary/aromatic N) is 2. The normalized spacial score (nSPS) is 11.3. The topological polar surface area (TPSA) is 54.5 Å². The van der Waals surface area contributed by atoms with Crippen LogP contribution in [0.5, 0.6) is 0 Å². The van der Waals surface area contributed by atoms with E-state index in [9.17, 15) is 4.79 Å². The predicted molar refractivity (Wildman–Crippen MR) is 91.7 cm³/mol. The molecule has 6 heteroatoms. The number of nitrogens with one attached hydrogen (secondary N) is 1. The first-order chi connectivity index (χ1) is 10.3. The van der Waals surface area contributed by atoms with Crippen LogP contribution in [0, 0.1) is 0 Å². The molecule has 0 atom stereocenters. The molecule has 0 saturated carbocycles. The van der Waals surface area contributed by atoms with Gasteiger partial charge in [-0.1, -0.05) is 6.92 Å². The molecule has 1 rings (SSSR count). The first-order valence-corrected chi connectivity index (χ1v) is 8.39. The fourth-order valence-electron chi connectivity index (χ4n) is 1.89. The first-order valence-electron chi connectivity index (χ1n) is 7.60. The van der Waals surface area contributed by atoms with Crippen LogP contribution in [0.3, 0.4) is 0 Å². The van der Waals surface area contributed by atoms with Crippen LogP contribution < -0.4 is 5.32 Å². The summed E-state index contributed by atoms with van der Waals surface area (Å²) in [6.07, 6.45) is 4.25. The molecule has 0 unspecified atom stereocenters. The van der Waals surface area contributed by atoms with Gasteiger partial charge in [-0.2, -0.15) is 0 Å². The zero-order chi connectivity index (χ0) is 16.6. The third-order valence-electron chi connectivity index (χ3n) is 2.79. The number of aromatic nitrogens is 1. The van der Waals surface area contributed by atoms with E-state index in [2.05, 4.69) is 33.2 Å². The van der Waals surface area contributed by atoms with Gasteiger partial charge < -0.3 is 15.0 Å². The van der Waals surface area contributed by atoms with Crippen LogP contribution in [-0.2, 0) is 11.3 Å². The Kier molecular flexibility index (Phi) is 7.82. The maximum Gasteiger partial charge on any atom is 0.410 e. The highest BCUT2D eigenvalue weighted by Gasteiger charge is 2.21. The molecule has 0 spiro atoms. The number of halogens is 1. The lowest BCUT2D eigenvalue weighted by Gasteiger charge is -2.27. The summed E-state index contributed by atoms with van der Waals surface area (Å²) < 4.78 is 6.39. The van der Waals surface area contributed by atoms with Crippen LogP contribution in [0.4, 0.5) is 4.79 Å². The van der Waals surface area contributed by atoms with Gasteiger partial charge in [-0.15, -0.1) is 0 Å². The minimum atomic E-state index is -0.460. The number of ether oxygens (including phenoxy) is 1. The number of rotatable bonds is 7. The standard InChI is InChI=1S/C16H26BrN3O2/c1-5-7-20(15(21)22-16(2,3)4)8-6-18-10-13-9-14(17)12-19-11-13/h9,11-12,18H,5-8,10H2,1-4H3. The van der Waals surface area contributed by atoms with Gasteiger partial charge in [0.05, 0.1) is 0 Å². The van der Waals surface area contributed by atoms with Crippen molar-refractivity contribution in [3.05, 3.63) is 28.5 Å². The molecule has 0 saturated heterocycles. The zero-order valence-corrected chi connectivity index (χ0v) is 15.4. The van der Waals surface area contributed by atoms with Crippen molar-refractivity contribution in [2.24, 2.45) is 0 Å². The van der Waals surface area contributed by atoms with Crippen LogP contribution in [0.25, 0.3) is 0 Å². The average Bonchev–Trinajstić information content (AvgIpc) is 2.40. The molecule has 1 N–H and O–H groups in total. The minimum absolute atomic E-state index is 0.250. The summed E-state index contributed by atoms with van der Waals surface area (Å²) in [6, 6.07) is 2.03. The second kappa shape index (κ2) is 9.10. The van der Waals surface area contributed by atoms with E-state index < -0.39 is 5.60 Å². The molecular weight excluding hydrogens is 346 g/mol. The lowest BCUT2D eigenvalue weighted by molar-refractivity contribution is 0.0252. The van der Waals surface area contributed by atoms with E-state index in [0.717, 1.165) is 23.0 Å². The third kappa shape index (κ3) is 7.75. The maximum atomic E-state index is 12.1. The van der Waals surface area contributed by atoms with E-state index >= 15 is 0 Å². The van der Waals surface area contributed by atoms with E-state index in [1.54, 1.807) is 11.1 Å². The Morgan fingerprint density at radius 2 is 2.09 bits per heavy atom. The Morgan fingerprint density at radius 3 is 2.68 bits per heavy atom. The second-order valence-electron chi connectivity index (χ2n) is 6.16. The van der Waals surface area contributed by atoms with Gasteiger partial charge in [0.2, 0.25) is 0 Å². The summed E-state index contributed by atoms with van der Waals surface area (Å²) in [5.41, 5.74) is 0.645. The quantitative estimate of drug-likeness (QED) is 0.744. The lowest BCUT2D eigenvalue weighted by Crippen LogP contribution is -2.40. The van der Waals surface area contributed by atoms with Gasteiger partial charge in [0.15, 0.2) is 0 Å². The molecule has 1 heterocycles. The van der Waals surface area contributed by atoms with E-state index in [4.69, 9.17) is 4.74 Å². The van der Waals surface area contributed by atoms with Crippen LogP contribution in [-0.4, -0.2) is 41.2 Å². The lowest BCUT2D eigenvalue weighted by atomic mass is 10.2. The van der Waals surface area contributed by atoms with Crippen molar-refractivity contribution in [1.29, 1.82) is 0 Å². The van der Waals surface area contributed by atoms with E-state index in [-0.39, 0.29) is 6.09 Å². The fourth-order valence-corrected chi connectivity index (χ4v) is 2.30. The van der Waals surface area contributed by atoms with Crippen molar-refractivity contribution in [2.75, 3.05) is 19.6 Å². The average molecular weight is 372 g/mol. The molecule has 0 bridgehead atoms. The third-order valence-corrected chi connectivity index (χ3v) is 3.23. The number of pyridine rings is 1. The first kappa shape index (κ1) is 18.9. The number of hydrogen-bond donors (Lipinski definition) is 1. The summed E-state index contributed by atoms with van der Waals surface area (Å²) in [5.74, 6) is 0. The molecule has 22 heavy (non-hydrogen) atoms. The Morgan fingerprint density at radius 1 is 1.36 bits per heavy atom. The minimum Gasteiger partial charge on any atom is -0.444 e.